The number of pyridine rings is 2. The second-order valence-corrected chi connectivity index (χ2v) is 7.82. The van der Waals surface area contributed by atoms with E-state index >= 15 is 0 Å². The fourth-order valence-electron chi connectivity index (χ4n) is 3.93. The zero-order valence-electron chi connectivity index (χ0n) is 17.3. The summed E-state index contributed by atoms with van der Waals surface area (Å²) in [7, 11) is 0. The number of aromatic nitrogens is 2. The molecule has 8 nitrogen and oxygen atoms in total. The van der Waals surface area contributed by atoms with Crippen LogP contribution in [-0.2, 0) is 11.2 Å². The third kappa shape index (κ3) is 5.90. The van der Waals surface area contributed by atoms with Crippen molar-refractivity contribution in [2.24, 2.45) is 0 Å². The molecule has 160 valence electrons. The Hall–Kier alpha value is -2.71. The average Bonchev–Trinajstić information content (AvgIpc) is 2.80. The van der Waals surface area contributed by atoms with E-state index in [1.807, 2.05) is 24.5 Å². The maximum absolute atomic E-state index is 12.4. The van der Waals surface area contributed by atoms with Gasteiger partial charge >= 0.3 is 6.03 Å². The molecule has 0 bridgehead atoms. The SMILES string of the molecule is O=C(Nc1ccc(N2CCOCC2)nc1)NC1CCN(CCc2ccncc2)CC1. The quantitative estimate of drug-likeness (QED) is 0.759. The predicted octanol–water partition coefficient (Wildman–Crippen LogP) is 2.14. The molecule has 2 N–H and O–H groups in total. The maximum Gasteiger partial charge on any atom is 0.319 e. The van der Waals surface area contributed by atoms with E-state index in [1.54, 1.807) is 6.20 Å². The Labute approximate surface area is 177 Å². The van der Waals surface area contributed by atoms with E-state index < -0.39 is 0 Å². The second-order valence-electron chi connectivity index (χ2n) is 7.82. The van der Waals surface area contributed by atoms with Crippen LogP contribution in [0.3, 0.4) is 0 Å². The van der Waals surface area contributed by atoms with Crippen molar-refractivity contribution in [3.05, 3.63) is 48.4 Å². The molecule has 0 aromatic carbocycles. The van der Waals surface area contributed by atoms with Gasteiger partial charge in [0.05, 0.1) is 25.1 Å². The fourth-order valence-corrected chi connectivity index (χ4v) is 3.93. The summed E-state index contributed by atoms with van der Waals surface area (Å²) in [6.45, 7) is 6.21. The van der Waals surface area contributed by atoms with Crippen LogP contribution in [0.1, 0.15) is 18.4 Å². The average molecular weight is 411 g/mol. The van der Waals surface area contributed by atoms with Crippen molar-refractivity contribution in [2.45, 2.75) is 25.3 Å². The third-order valence-corrected chi connectivity index (χ3v) is 5.73. The van der Waals surface area contributed by atoms with Gasteiger partial charge in [-0.2, -0.15) is 0 Å². The lowest BCUT2D eigenvalue weighted by Gasteiger charge is -2.32. The zero-order chi connectivity index (χ0) is 20.6. The normalized spacial score (nSPS) is 18.2. The summed E-state index contributed by atoms with van der Waals surface area (Å²) in [5.41, 5.74) is 2.03. The molecule has 2 saturated heterocycles. The van der Waals surface area contributed by atoms with E-state index in [0.29, 0.717) is 5.69 Å². The summed E-state index contributed by atoms with van der Waals surface area (Å²) in [5, 5.41) is 6.00. The molecular weight excluding hydrogens is 380 g/mol. The van der Waals surface area contributed by atoms with E-state index in [-0.39, 0.29) is 12.1 Å². The molecule has 30 heavy (non-hydrogen) atoms. The Kier molecular flexibility index (Phi) is 7.10. The number of hydrogen-bond acceptors (Lipinski definition) is 6. The zero-order valence-corrected chi connectivity index (χ0v) is 17.3. The van der Waals surface area contributed by atoms with Gasteiger partial charge in [-0.05, 0) is 49.1 Å². The van der Waals surface area contributed by atoms with Crippen LogP contribution >= 0.6 is 0 Å². The predicted molar refractivity (Wildman–Crippen MR) is 117 cm³/mol. The van der Waals surface area contributed by atoms with Gasteiger partial charge in [-0.1, -0.05) is 0 Å². The molecule has 0 unspecified atom stereocenters. The lowest BCUT2D eigenvalue weighted by Crippen LogP contribution is -2.46. The van der Waals surface area contributed by atoms with Crippen LogP contribution in [0.25, 0.3) is 0 Å². The lowest BCUT2D eigenvalue weighted by atomic mass is 10.0. The summed E-state index contributed by atoms with van der Waals surface area (Å²) in [5.74, 6) is 0.920. The molecule has 2 aromatic heterocycles. The highest BCUT2D eigenvalue weighted by Gasteiger charge is 2.20. The maximum atomic E-state index is 12.4. The minimum atomic E-state index is -0.161. The van der Waals surface area contributed by atoms with Crippen molar-refractivity contribution in [3.63, 3.8) is 0 Å². The van der Waals surface area contributed by atoms with Crippen molar-refractivity contribution in [1.29, 1.82) is 0 Å². The van der Waals surface area contributed by atoms with E-state index in [4.69, 9.17) is 4.74 Å². The van der Waals surface area contributed by atoms with Crippen LogP contribution < -0.4 is 15.5 Å². The van der Waals surface area contributed by atoms with Crippen molar-refractivity contribution in [1.82, 2.24) is 20.2 Å². The molecule has 0 aliphatic carbocycles. The number of nitrogens with one attached hydrogen (secondary N) is 2. The second kappa shape index (κ2) is 10.4. The molecule has 2 fully saturated rings. The van der Waals surface area contributed by atoms with Crippen molar-refractivity contribution in [2.75, 3.05) is 56.2 Å². The first-order valence-electron chi connectivity index (χ1n) is 10.7. The molecule has 2 aliphatic rings. The number of anilines is 2. The molecule has 2 aliphatic heterocycles. The minimum Gasteiger partial charge on any atom is -0.378 e. The number of carbonyl (C=O) groups is 1. The van der Waals surface area contributed by atoms with Gasteiger partial charge in [-0.3, -0.25) is 4.98 Å². The Morgan fingerprint density at radius 3 is 2.53 bits per heavy atom. The first-order chi connectivity index (χ1) is 14.8. The highest BCUT2D eigenvalue weighted by molar-refractivity contribution is 5.89. The van der Waals surface area contributed by atoms with Gasteiger partial charge in [0.1, 0.15) is 5.82 Å². The fraction of sp³-hybridized carbons (Fsp3) is 0.500. The van der Waals surface area contributed by atoms with Gasteiger partial charge in [0.25, 0.3) is 0 Å². The Bertz CT molecular complexity index is 787. The molecule has 0 radical (unpaired) electrons. The van der Waals surface area contributed by atoms with Gasteiger partial charge in [0.2, 0.25) is 0 Å². The number of piperidine rings is 1. The molecule has 0 saturated carbocycles. The Balaban J connectivity index is 1.17. The van der Waals surface area contributed by atoms with Crippen LogP contribution in [-0.4, -0.2) is 72.9 Å². The van der Waals surface area contributed by atoms with Crippen LogP contribution in [0, 0.1) is 0 Å². The number of hydrogen-bond donors (Lipinski definition) is 2. The number of rotatable bonds is 6. The molecule has 0 atom stereocenters. The number of morpholine rings is 1. The van der Waals surface area contributed by atoms with Gasteiger partial charge in [-0.25, -0.2) is 9.78 Å². The van der Waals surface area contributed by atoms with Crippen LogP contribution in [0.4, 0.5) is 16.3 Å². The first-order valence-corrected chi connectivity index (χ1v) is 10.7. The molecule has 0 spiro atoms. The van der Waals surface area contributed by atoms with E-state index in [2.05, 4.69) is 42.5 Å². The third-order valence-electron chi connectivity index (χ3n) is 5.73. The molecule has 2 aromatic rings. The van der Waals surface area contributed by atoms with Crippen molar-refractivity contribution in [3.8, 4) is 0 Å². The van der Waals surface area contributed by atoms with E-state index in [0.717, 1.165) is 71.0 Å². The van der Waals surface area contributed by atoms with Crippen LogP contribution in [0.2, 0.25) is 0 Å². The molecular formula is C22H30N6O2. The Morgan fingerprint density at radius 2 is 1.83 bits per heavy atom. The molecule has 8 heteroatoms. The van der Waals surface area contributed by atoms with Crippen molar-refractivity contribution < 1.29 is 9.53 Å². The largest absolute Gasteiger partial charge is 0.378 e. The number of nitrogens with zero attached hydrogens (tertiary/aromatic N) is 4. The van der Waals surface area contributed by atoms with Gasteiger partial charge in [0.15, 0.2) is 0 Å². The summed E-state index contributed by atoms with van der Waals surface area (Å²) < 4.78 is 5.37. The monoisotopic (exact) mass is 410 g/mol. The van der Waals surface area contributed by atoms with E-state index in [1.165, 1.54) is 5.56 Å². The minimum absolute atomic E-state index is 0.161. The lowest BCUT2D eigenvalue weighted by molar-refractivity contribution is 0.122. The van der Waals surface area contributed by atoms with Gasteiger partial charge in [0, 0.05) is 51.2 Å². The van der Waals surface area contributed by atoms with Crippen LogP contribution in [0.5, 0.6) is 0 Å². The number of ether oxygens (including phenoxy) is 1. The number of carbonyl (C=O) groups excluding carboxylic acids is 1. The smallest absolute Gasteiger partial charge is 0.319 e. The number of urea groups is 1. The van der Waals surface area contributed by atoms with E-state index in [9.17, 15) is 4.79 Å². The summed E-state index contributed by atoms with van der Waals surface area (Å²) in [4.78, 5) is 25.6. The summed E-state index contributed by atoms with van der Waals surface area (Å²) >= 11 is 0. The number of likely N-dealkylation sites (tertiary alicyclic amines) is 1. The summed E-state index contributed by atoms with van der Waals surface area (Å²) in [6.07, 6.45) is 8.38. The molecule has 2 amide bonds. The standard InChI is InChI=1S/C22H30N6O2/c29-22(26-20-1-2-21(24-17-20)28-13-15-30-16-14-28)25-19-6-11-27(12-7-19)10-5-18-3-8-23-9-4-18/h1-4,8-9,17,19H,5-7,10-16H2,(H2,25,26,29). The van der Waals surface area contributed by atoms with Crippen molar-refractivity contribution >= 4 is 17.5 Å². The first kappa shape index (κ1) is 20.6. The van der Waals surface area contributed by atoms with Gasteiger partial charge in [-0.15, -0.1) is 0 Å². The number of amides is 2. The molecule has 4 rings (SSSR count). The topological polar surface area (TPSA) is 82.6 Å². The highest BCUT2D eigenvalue weighted by Crippen LogP contribution is 2.16. The highest BCUT2D eigenvalue weighted by atomic mass is 16.5. The Morgan fingerprint density at radius 1 is 1.07 bits per heavy atom. The van der Waals surface area contributed by atoms with Crippen LogP contribution in [0.15, 0.2) is 42.9 Å². The van der Waals surface area contributed by atoms with Gasteiger partial charge < -0.3 is 25.2 Å². The molecule has 4 heterocycles. The summed E-state index contributed by atoms with van der Waals surface area (Å²) in [6, 6.07) is 8.04.